The lowest BCUT2D eigenvalue weighted by atomic mass is 9.87. The van der Waals surface area contributed by atoms with Gasteiger partial charge < -0.3 is 4.74 Å². The van der Waals surface area contributed by atoms with E-state index >= 15 is 0 Å². The summed E-state index contributed by atoms with van der Waals surface area (Å²) in [5.41, 5.74) is 2.07. The Bertz CT molecular complexity index is 960. The van der Waals surface area contributed by atoms with E-state index in [1.165, 1.54) is 17.0 Å². The predicted octanol–water partition coefficient (Wildman–Crippen LogP) is 4.60. The van der Waals surface area contributed by atoms with E-state index in [-0.39, 0.29) is 18.1 Å². The standard InChI is InChI=1S/C23H21F2NO3/c1-14-9-19(18-8-7-16(24)12-21(18)25)20(10-14)22(27)26-17(13-29-23(26)28)11-15-5-3-2-4-6-15/h2-8,12,17,19-20H,1,9-11,13H2/t17-,19-,20-/m0/s1. The lowest BCUT2D eigenvalue weighted by Gasteiger charge is -2.26. The Balaban J connectivity index is 1.60. The third kappa shape index (κ3) is 3.79. The molecule has 29 heavy (non-hydrogen) atoms. The van der Waals surface area contributed by atoms with Crippen LogP contribution in [0, 0.1) is 17.6 Å². The molecule has 2 aliphatic rings. The van der Waals surface area contributed by atoms with Crippen LogP contribution in [0.2, 0.25) is 0 Å². The van der Waals surface area contributed by atoms with E-state index in [1.807, 2.05) is 30.3 Å². The molecule has 150 valence electrons. The molecule has 1 aliphatic carbocycles. The third-order valence-corrected chi connectivity index (χ3v) is 5.69. The molecule has 3 atom stereocenters. The molecule has 0 N–H and O–H groups in total. The summed E-state index contributed by atoms with van der Waals surface area (Å²) in [4.78, 5) is 26.9. The fourth-order valence-electron chi connectivity index (χ4n) is 4.32. The van der Waals surface area contributed by atoms with Gasteiger partial charge in [0.05, 0.1) is 6.04 Å². The second-order valence-corrected chi connectivity index (χ2v) is 7.67. The van der Waals surface area contributed by atoms with E-state index in [0.29, 0.717) is 19.3 Å². The number of halogens is 2. The molecule has 2 fully saturated rings. The topological polar surface area (TPSA) is 46.6 Å². The molecular formula is C23H21F2NO3. The van der Waals surface area contributed by atoms with Crippen LogP contribution in [0.3, 0.4) is 0 Å². The van der Waals surface area contributed by atoms with E-state index in [0.717, 1.165) is 17.2 Å². The number of carbonyl (C=O) groups excluding carboxylic acids is 2. The van der Waals surface area contributed by atoms with Crippen molar-refractivity contribution in [3.8, 4) is 0 Å². The first kappa shape index (κ1) is 19.3. The van der Waals surface area contributed by atoms with Gasteiger partial charge in [-0.2, -0.15) is 0 Å². The number of cyclic esters (lactones) is 1. The van der Waals surface area contributed by atoms with Gasteiger partial charge in [-0.25, -0.2) is 18.5 Å². The summed E-state index contributed by atoms with van der Waals surface area (Å²) in [7, 11) is 0. The van der Waals surface area contributed by atoms with E-state index in [4.69, 9.17) is 4.74 Å². The fraction of sp³-hybridized carbons (Fsp3) is 0.304. The Morgan fingerprint density at radius 2 is 1.90 bits per heavy atom. The lowest BCUT2D eigenvalue weighted by molar-refractivity contribution is -0.133. The average Bonchev–Trinajstić information content (AvgIpc) is 3.25. The molecule has 1 aliphatic heterocycles. The highest BCUT2D eigenvalue weighted by atomic mass is 19.1. The van der Waals surface area contributed by atoms with Crippen LogP contribution in [0.5, 0.6) is 0 Å². The zero-order valence-electron chi connectivity index (χ0n) is 15.8. The summed E-state index contributed by atoms with van der Waals surface area (Å²) in [6.07, 6.45) is 0.598. The highest BCUT2D eigenvalue weighted by Crippen LogP contribution is 2.44. The zero-order chi connectivity index (χ0) is 20.5. The minimum atomic E-state index is -0.688. The average molecular weight is 397 g/mol. The van der Waals surface area contributed by atoms with Gasteiger partial charge >= 0.3 is 6.09 Å². The highest BCUT2D eigenvalue weighted by Gasteiger charge is 2.46. The maximum Gasteiger partial charge on any atom is 0.416 e. The van der Waals surface area contributed by atoms with Gasteiger partial charge in [0.25, 0.3) is 0 Å². The van der Waals surface area contributed by atoms with Crippen LogP contribution in [0.25, 0.3) is 0 Å². The second kappa shape index (κ2) is 7.78. The second-order valence-electron chi connectivity index (χ2n) is 7.67. The molecule has 2 aromatic rings. The first-order valence-corrected chi connectivity index (χ1v) is 9.59. The number of nitrogens with zero attached hydrogens (tertiary/aromatic N) is 1. The predicted molar refractivity (Wildman–Crippen MR) is 103 cm³/mol. The van der Waals surface area contributed by atoms with Gasteiger partial charge in [-0.15, -0.1) is 0 Å². The molecule has 0 bridgehead atoms. The van der Waals surface area contributed by atoms with Crippen molar-refractivity contribution in [2.75, 3.05) is 6.61 Å². The van der Waals surface area contributed by atoms with E-state index in [9.17, 15) is 18.4 Å². The molecule has 1 saturated heterocycles. The van der Waals surface area contributed by atoms with Crippen molar-refractivity contribution >= 4 is 12.0 Å². The Hall–Kier alpha value is -3.02. The summed E-state index contributed by atoms with van der Waals surface area (Å²) in [5, 5.41) is 0. The van der Waals surface area contributed by atoms with Crippen molar-refractivity contribution < 1.29 is 23.1 Å². The molecule has 4 rings (SSSR count). The molecule has 2 aromatic carbocycles. The van der Waals surface area contributed by atoms with Crippen molar-refractivity contribution in [3.05, 3.63) is 83.4 Å². The van der Waals surface area contributed by atoms with E-state index in [2.05, 4.69) is 6.58 Å². The number of imide groups is 1. The lowest BCUT2D eigenvalue weighted by Crippen LogP contribution is -2.44. The largest absolute Gasteiger partial charge is 0.447 e. The SMILES string of the molecule is C=C1C[C@H](C(=O)N2C(=O)OC[C@@H]2Cc2ccccc2)[C@H](c2ccc(F)cc2F)C1. The van der Waals surface area contributed by atoms with Gasteiger partial charge in [0, 0.05) is 17.9 Å². The number of benzene rings is 2. The van der Waals surface area contributed by atoms with Gasteiger partial charge in [-0.3, -0.25) is 4.79 Å². The quantitative estimate of drug-likeness (QED) is 0.708. The normalized spacial score (nSPS) is 24.1. The Morgan fingerprint density at radius 1 is 1.14 bits per heavy atom. The summed E-state index contributed by atoms with van der Waals surface area (Å²) in [5.74, 6) is -2.86. The number of allylic oxidation sites excluding steroid dienone is 1. The van der Waals surface area contributed by atoms with Crippen LogP contribution >= 0.6 is 0 Å². The maximum atomic E-state index is 14.4. The molecule has 2 amide bonds. The van der Waals surface area contributed by atoms with Gasteiger partial charge in [0.15, 0.2) is 0 Å². The number of hydrogen-bond acceptors (Lipinski definition) is 3. The van der Waals surface area contributed by atoms with Crippen LogP contribution in [0.1, 0.15) is 29.9 Å². The van der Waals surface area contributed by atoms with Crippen molar-refractivity contribution in [1.82, 2.24) is 4.90 Å². The summed E-state index contributed by atoms with van der Waals surface area (Å²) < 4.78 is 32.9. The first-order chi connectivity index (χ1) is 13.9. The number of rotatable bonds is 4. The molecule has 6 heteroatoms. The van der Waals surface area contributed by atoms with Crippen LogP contribution in [0.4, 0.5) is 13.6 Å². The van der Waals surface area contributed by atoms with Crippen molar-refractivity contribution in [3.63, 3.8) is 0 Å². The molecular weight excluding hydrogens is 376 g/mol. The van der Waals surface area contributed by atoms with Crippen molar-refractivity contribution in [2.45, 2.75) is 31.2 Å². The molecule has 4 nitrogen and oxygen atoms in total. The molecule has 0 unspecified atom stereocenters. The van der Waals surface area contributed by atoms with Crippen molar-refractivity contribution in [2.24, 2.45) is 5.92 Å². The molecule has 0 spiro atoms. The smallest absolute Gasteiger partial charge is 0.416 e. The van der Waals surface area contributed by atoms with Crippen LogP contribution in [-0.2, 0) is 16.0 Å². The van der Waals surface area contributed by atoms with E-state index < -0.39 is 35.6 Å². The summed E-state index contributed by atoms with van der Waals surface area (Å²) >= 11 is 0. The number of amides is 2. The fourth-order valence-corrected chi connectivity index (χ4v) is 4.32. The Kier molecular flexibility index (Phi) is 5.18. The van der Waals surface area contributed by atoms with E-state index in [1.54, 1.807) is 0 Å². The van der Waals surface area contributed by atoms with Gasteiger partial charge in [-0.1, -0.05) is 48.6 Å². The zero-order valence-corrected chi connectivity index (χ0v) is 15.8. The third-order valence-electron chi connectivity index (χ3n) is 5.69. The molecule has 0 aromatic heterocycles. The van der Waals surface area contributed by atoms with Gasteiger partial charge in [0.2, 0.25) is 5.91 Å². The summed E-state index contributed by atoms with van der Waals surface area (Å²) in [6.45, 7) is 4.09. The van der Waals surface area contributed by atoms with Crippen LogP contribution in [0.15, 0.2) is 60.7 Å². The highest BCUT2D eigenvalue weighted by molar-refractivity contribution is 5.95. The van der Waals surface area contributed by atoms with Crippen LogP contribution in [-0.4, -0.2) is 29.5 Å². The van der Waals surface area contributed by atoms with Gasteiger partial charge in [0.1, 0.15) is 18.2 Å². The summed E-state index contributed by atoms with van der Waals surface area (Å²) in [6, 6.07) is 12.5. The number of ether oxygens (including phenoxy) is 1. The molecule has 0 radical (unpaired) electrons. The van der Waals surface area contributed by atoms with Crippen molar-refractivity contribution in [1.29, 1.82) is 0 Å². The van der Waals surface area contributed by atoms with Gasteiger partial charge in [-0.05, 0) is 36.5 Å². The number of carbonyl (C=O) groups is 2. The molecule has 1 saturated carbocycles. The Morgan fingerprint density at radius 3 is 2.62 bits per heavy atom. The first-order valence-electron chi connectivity index (χ1n) is 9.59. The van der Waals surface area contributed by atoms with Crippen LogP contribution < -0.4 is 0 Å². The Labute approximate surface area is 167 Å². The molecule has 1 heterocycles. The number of hydrogen-bond donors (Lipinski definition) is 0. The minimum absolute atomic E-state index is 0.128. The maximum absolute atomic E-state index is 14.4. The minimum Gasteiger partial charge on any atom is -0.447 e. The monoisotopic (exact) mass is 397 g/mol.